The third-order valence-corrected chi connectivity index (χ3v) is 2.80. The molecule has 0 aliphatic heterocycles. The Kier molecular flexibility index (Phi) is 4.58. The molecule has 0 saturated heterocycles. The average Bonchev–Trinajstić information content (AvgIpc) is 2.18. The molecule has 0 radical (unpaired) electrons. The summed E-state index contributed by atoms with van der Waals surface area (Å²) in [5, 5.41) is 0.481. The van der Waals surface area contributed by atoms with E-state index < -0.39 is 10.0 Å². The van der Waals surface area contributed by atoms with Crippen LogP contribution in [-0.2, 0) is 16.6 Å². The lowest BCUT2D eigenvalue weighted by Crippen LogP contribution is -2.21. The molecular weight excluding hydrogens is 250 g/mol. The number of nitrogens with one attached hydrogen (secondary N) is 1. The van der Waals surface area contributed by atoms with Crippen molar-refractivity contribution in [3.63, 3.8) is 0 Å². The van der Waals surface area contributed by atoms with Crippen molar-refractivity contribution in [3.05, 3.63) is 28.8 Å². The highest BCUT2D eigenvalue weighted by atomic mass is 35.5. The molecule has 6 heteroatoms. The molecule has 1 aromatic carbocycles. The molecule has 0 saturated carbocycles. The highest BCUT2D eigenvalue weighted by Gasteiger charge is 2.04. The Bertz CT molecular complexity index is 459. The summed E-state index contributed by atoms with van der Waals surface area (Å²) in [6.45, 7) is 2.64. The second-order valence-corrected chi connectivity index (χ2v) is 5.53. The summed E-state index contributed by atoms with van der Waals surface area (Å²) in [5.41, 5.74) is 0.791. The number of rotatable bonds is 5. The van der Waals surface area contributed by atoms with Crippen LogP contribution in [0.15, 0.2) is 18.2 Å². The number of halogens is 1. The van der Waals surface area contributed by atoms with Gasteiger partial charge in [-0.2, -0.15) is 0 Å². The van der Waals surface area contributed by atoms with E-state index in [9.17, 15) is 8.42 Å². The molecule has 4 nitrogen and oxygen atoms in total. The molecule has 0 heterocycles. The zero-order valence-electron chi connectivity index (χ0n) is 9.16. The monoisotopic (exact) mass is 263 g/mol. The third kappa shape index (κ3) is 4.38. The first-order valence-electron chi connectivity index (χ1n) is 4.78. The molecule has 0 aliphatic rings. The SMILES string of the molecule is CCOc1ccc(CNS(C)(=O)=O)cc1Cl. The van der Waals surface area contributed by atoms with Crippen molar-refractivity contribution in [2.24, 2.45) is 0 Å². The zero-order chi connectivity index (χ0) is 12.2. The van der Waals surface area contributed by atoms with E-state index >= 15 is 0 Å². The van der Waals surface area contributed by atoms with Gasteiger partial charge in [0.05, 0.1) is 17.9 Å². The first-order chi connectivity index (χ1) is 7.42. The predicted molar refractivity (Wildman–Crippen MR) is 64.3 cm³/mol. The van der Waals surface area contributed by atoms with Crippen molar-refractivity contribution in [1.82, 2.24) is 4.72 Å². The van der Waals surface area contributed by atoms with E-state index in [1.54, 1.807) is 18.2 Å². The van der Waals surface area contributed by atoms with Crippen LogP contribution in [0.4, 0.5) is 0 Å². The van der Waals surface area contributed by atoms with E-state index in [1.165, 1.54) is 0 Å². The van der Waals surface area contributed by atoms with Crippen LogP contribution in [0, 0.1) is 0 Å². The van der Waals surface area contributed by atoms with Gasteiger partial charge in [0.2, 0.25) is 10.0 Å². The maximum absolute atomic E-state index is 10.9. The van der Waals surface area contributed by atoms with Crippen molar-refractivity contribution in [1.29, 1.82) is 0 Å². The number of hydrogen-bond acceptors (Lipinski definition) is 3. The standard InChI is InChI=1S/C10H14ClNO3S/c1-3-15-10-5-4-8(6-9(10)11)7-12-16(2,13)14/h4-6,12H,3,7H2,1-2H3. The lowest BCUT2D eigenvalue weighted by molar-refractivity contribution is 0.340. The maximum atomic E-state index is 10.9. The Labute approximate surface area is 101 Å². The number of sulfonamides is 1. The van der Waals surface area contributed by atoms with E-state index in [0.29, 0.717) is 17.4 Å². The number of ether oxygens (including phenoxy) is 1. The van der Waals surface area contributed by atoms with Gasteiger partial charge in [-0.3, -0.25) is 0 Å². The summed E-state index contributed by atoms with van der Waals surface area (Å²) in [4.78, 5) is 0. The van der Waals surface area contributed by atoms with Crippen LogP contribution in [0.25, 0.3) is 0 Å². The van der Waals surface area contributed by atoms with Gasteiger partial charge in [-0.1, -0.05) is 17.7 Å². The zero-order valence-corrected chi connectivity index (χ0v) is 10.7. The first kappa shape index (κ1) is 13.3. The lowest BCUT2D eigenvalue weighted by Gasteiger charge is -2.08. The predicted octanol–water partition coefficient (Wildman–Crippen LogP) is 1.79. The van der Waals surface area contributed by atoms with E-state index in [2.05, 4.69) is 4.72 Å². The van der Waals surface area contributed by atoms with E-state index in [-0.39, 0.29) is 6.54 Å². The molecule has 1 N–H and O–H groups in total. The van der Waals surface area contributed by atoms with Crippen LogP contribution < -0.4 is 9.46 Å². The fourth-order valence-electron chi connectivity index (χ4n) is 1.14. The number of hydrogen-bond donors (Lipinski definition) is 1. The largest absolute Gasteiger partial charge is 0.492 e. The van der Waals surface area contributed by atoms with Gasteiger partial charge in [0, 0.05) is 6.54 Å². The summed E-state index contributed by atoms with van der Waals surface area (Å²) >= 11 is 5.96. The molecule has 1 rings (SSSR count). The minimum absolute atomic E-state index is 0.227. The summed E-state index contributed by atoms with van der Waals surface area (Å²) in [5.74, 6) is 0.604. The fourth-order valence-corrected chi connectivity index (χ4v) is 1.83. The van der Waals surface area contributed by atoms with Crippen LogP contribution in [0.3, 0.4) is 0 Å². The summed E-state index contributed by atoms with van der Waals surface area (Å²) in [7, 11) is -3.18. The van der Waals surface area contributed by atoms with Gasteiger partial charge >= 0.3 is 0 Å². The van der Waals surface area contributed by atoms with Crippen LogP contribution in [0.2, 0.25) is 5.02 Å². The maximum Gasteiger partial charge on any atom is 0.209 e. The molecule has 0 aromatic heterocycles. The molecule has 0 spiro atoms. The Morgan fingerprint density at radius 3 is 2.62 bits per heavy atom. The van der Waals surface area contributed by atoms with Crippen LogP contribution in [-0.4, -0.2) is 21.3 Å². The van der Waals surface area contributed by atoms with Crippen LogP contribution >= 0.6 is 11.6 Å². The summed E-state index contributed by atoms with van der Waals surface area (Å²) < 4.78 is 29.4. The molecule has 0 amide bonds. The molecule has 0 unspecified atom stereocenters. The lowest BCUT2D eigenvalue weighted by atomic mass is 10.2. The molecule has 0 aliphatic carbocycles. The molecule has 90 valence electrons. The van der Waals surface area contributed by atoms with Gasteiger partial charge in [-0.05, 0) is 24.6 Å². The van der Waals surface area contributed by atoms with E-state index in [4.69, 9.17) is 16.3 Å². The van der Waals surface area contributed by atoms with Crippen LogP contribution in [0.1, 0.15) is 12.5 Å². The molecule has 0 fully saturated rings. The Morgan fingerprint density at radius 1 is 1.44 bits per heavy atom. The Balaban J connectivity index is 2.73. The third-order valence-electron chi connectivity index (χ3n) is 1.83. The van der Waals surface area contributed by atoms with E-state index in [0.717, 1.165) is 11.8 Å². The van der Waals surface area contributed by atoms with Crippen molar-refractivity contribution < 1.29 is 13.2 Å². The van der Waals surface area contributed by atoms with Gasteiger partial charge < -0.3 is 4.74 Å². The number of benzene rings is 1. The topological polar surface area (TPSA) is 55.4 Å². The quantitative estimate of drug-likeness (QED) is 0.881. The molecule has 1 aromatic rings. The van der Waals surface area contributed by atoms with Crippen molar-refractivity contribution in [3.8, 4) is 5.75 Å². The molecular formula is C10H14ClNO3S. The summed E-state index contributed by atoms with van der Waals surface area (Å²) in [6, 6.07) is 5.19. The molecule has 0 bridgehead atoms. The van der Waals surface area contributed by atoms with Gasteiger partial charge in [-0.25, -0.2) is 13.1 Å². The van der Waals surface area contributed by atoms with Crippen molar-refractivity contribution >= 4 is 21.6 Å². The molecule has 0 atom stereocenters. The second-order valence-electron chi connectivity index (χ2n) is 3.29. The second kappa shape index (κ2) is 5.52. The molecule has 16 heavy (non-hydrogen) atoms. The Hall–Kier alpha value is -0.780. The van der Waals surface area contributed by atoms with Gasteiger partial charge in [0.1, 0.15) is 5.75 Å². The van der Waals surface area contributed by atoms with Crippen molar-refractivity contribution in [2.45, 2.75) is 13.5 Å². The van der Waals surface area contributed by atoms with Crippen LogP contribution in [0.5, 0.6) is 5.75 Å². The summed E-state index contributed by atoms with van der Waals surface area (Å²) in [6.07, 6.45) is 1.11. The fraction of sp³-hybridized carbons (Fsp3) is 0.400. The highest BCUT2D eigenvalue weighted by molar-refractivity contribution is 7.88. The van der Waals surface area contributed by atoms with Gasteiger partial charge in [0.25, 0.3) is 0 Å². The smallest absolute Gasteiger partial charge is 0.209 e. The average molecular weight is 264 g/mol. The Morgan fingerprint density at radius 2 is 2.12 bits per heavy atom. The van der Waals surface area contributed by atoms with Crippen molar-refractivity contribution in [2.75, 3.05) is 12.9 Å². The first-order valence-corrected chi connectivity index (χ1v) is 7.05. The normalized spacial score (nSPS) is 11.4. The van der Waals surface area contributed by atoms with Gasteiger partial charge in [0.15, 0.2) is 0 Å². The highest BCUT2D eigenvalue weighted by Crippen LogP contribution is 2.25. The van der Waals surface area contributed by atoms with Gasteiger partial charge in [-0.15, -0.1) is 0 Å². The van der Waals surface area contributed by atoms with E-state index in [1.807, 2.05) is 6.92 Å². The minimum atomic E-state index is -3.18. The minimum Gasteiger partial charge on any atom is -0.492 e.